The fraction of sp³-hybridized carbons (Fsp3) is 0.458. The standard InChI is InChI=1S/C24H29N7O/c1-16-5-4-6-19(13-16)28-22-21-20(26-15-27-22)14-25-24(30-21)29-18-9-7-17(8-10-18)23(32)31-11-2-3-12-31/h4-6,13-15,17-18H,2-3,7-12H2,1H3,(H,25,29,30)(H,26,27,28)/t17-,18-. The summed E-state index contributed by atoms with van der Waals surface area (Å²) in [5, 5.41) is 6.82. The first-order chi connectivity index (χ1) is 15.7. The molecule has 8 nitrogen and oxygen atoms in total. The van der Waals surface area contributed by atoms with E-state index in [9.17, 15) is 4.79 Å². The first-order valence-corrected chi connectivity index (χ1v) is 11.5. The van der Waals surface area contributed by atoms with Crippen LogP contribution in [0.4, 0.5) is 17.5 Å². The Hall–Kier alpha value is -3.29. The van der Waals surface area contributed by atoms with Crippen LogP contribution in [0.2, 0.25) is 0 Å². The van der Waals surface area contributed by atoms with E-state index >= 15 is 0 Å². The zero-order valence-corrected chi connectivity index (χ0v) is 18.4. The van der Waals surface area contributed by atoms with Gasteiger partial charge in [0.05, 0.1) is 6.20 Å². The number of benzene rings is 1. The lowest BCUT2D eigenvalue weighted by molar-refractivity contribution is -0.135. The summed E-state index contributed by atoms with van der Waals surface area (Å²) in [5.41, 5.74) is 3.51. The Morgan fingerprint density at radius 2 is 1.88 bits per heavy atom. The van der Waals surface area contributed by atoms with E-state index in [4.69, 9.17) is 4.98 Å². The summed E-state index contributed by atoms with van der Waals surface area (Å²) < 4.78 is 0. The Labute approximate surface area is 187 Å². The molecule has 0 bridgehead atoms. The summed E-state index contributed by atoms with van der Waals surface area (Å²) in [6.45, 7) is 3.92. The van der Waals surface area contributed by atoms with Gasteiger partial charge in [-0.25, -0.2) is 19.9 Å². The quantitative estimate of drug-likeness (QED) is 0.629. The fourth-order valence-corrected chi connectivity index (χ4v) is 4.74. The number of hydrogen-bond donors (Lipinski definition) is 2. The lowest BCUT2D eigenvalue weighted by Crippen LogP contribution is -2.37. The molecule has 166 valence electrons. The summed E-state index contributed by atoms with van der Waals surface area (Å²) in [4.78, 5) is 32.6. The summed E-state index contributed by atoms with van der Waals surface area (Å²) in [6.07, 6.45) is 9.29. The molecule has 3 heterocycles. The molecule has 2 N–H and O–H groups in total. The molecule has 2 aliphatic rings. The molecule has 1 aliphatic heterocycles. The van der Waals surface area contributed by atoms with Crippen molar-refractivity contribution in [1.82, 2.24) is 24.8 Å². The summed E-state index contributed by atoms with van der Waals surface area (Å²) >= 11 is 0. The van der Waals surface area contributed by atoms with E-state index < -0.39 is 0 Å². The Balaban J connectivity index is 1.26. The molecule has 2 aromatic heterocycles. The molecule has 2 fully saturated rings. The SMILES string of the molecule is Cc1cccc(Nc2ncnc3cnc(N[C@H]4CC[C@H](C(=O)N5CCCC5)CC4)nc23)c1. The van der Waals surface area contributed by atoms with E-state index in [0.29, 0.717) is 28.7 Å². The third kappa shape index (κ3) is 4.49. The van der Waals surface area contributed by atoms with Gasteiger partial charge in [0.2, 0.25) is 11.9 Å². The van der Waals surface area contributed by atoms with Gasteiger partial charge in [0.1, 0.15) is 17.4 Å². The minimum Gasteiger partial charge on any atom is -0.351 e. The monoisotopic (exact) mass is 431 g/mol. The van der Waals surface area contributed by atoms with Gasteiger partial charge in [0, 0.05) is 30.7 Å². The maximum atomic E-state index is 12.7. The molecule has 1 saturated heterocycles. The number of carbonyl (C=O) groups is 1. The van der Waals surface area contributed by atoms with Crippen LogP contribution in [0.3, 0.4) is 0 Å². The van der Waals surface area contributed by atoms with Crippen molar-refractivity contribution >= 4 is 34.4 Å². The number of likely N-dealkylation sites (tertiary alicyclic amines) is 1. The van der Waals surface area contributed by atoms with Crippen LogP contribution in [-0.4, -0.2) is 49.9 Å². The number of carbonyl (C=O) groups excluding carboxylic acids is 1. The lowest BCUT2D eigenvalue weighted by atomic mass is 9.85. The highest BCUT2D eigenvalue weighted by molar-refractivity contribution is 5.87. The molecule has 0 atom stereocenters. The van der Waals surface area contributed by atoms with Crippen molar-refractivity contribution in [3.8, 4) is 0 Å². The highest BCUT2D eigenvalue weighted by Crippen LogP contribution is 2.29. The normalized spacial score (nSPS) is 21.0. The molecule has 1 aliphatic carbocycles. The van der Waals surface area contributed by atoms with Crippen LogP contribution in [0.25, 0.3) is 11.0 Å². The van der Waals surface area contributed by atoms with Gasteiger partial charge in [0.15, 0.2) is 5.82 Å². The van der Waals surface area contributed by atoms with Crippen LogP contribution in [0.1, 0.15) is 44.1 Å². The predicted molar refractivity (Wildman–Crippen MR) is 125 cm³/mol. The van der Waals surface area contributed by atoms with Crippen LogP contribution in [-0.2, 0) is 4.79 Å². The number of hydrogen-bond acceptors (Lipinski definition) is 7. The van der Waals surface area contributed by atoms with Crippen LogP contribution >= 0.6 is 0 Å². The van der Waals surface area contributed by atoms with E-state index in [0.717, 1.165) is 57.3 Å². The van der Waals surface area contributed by atoms with Gasteiger partial charge in [-0.15, -0.1) is 0 Å². The second-order valence-electron chi connectivity index (χ2n) is 8.87. The first-order valence-electron chi connectivity index (χ1n) is 11.5. The van der Waals surface area contributed by atoms with Crippen LogP contribution < -0.4 is 10.6 Å². The summed E-state index contributed by atoms with van der Waals surface area (Å²) in [7, 11) is 0. The number of aromatic nitrogens is 4. The summed E-state index contributed by atoms with van der Waals surface area (Å²) in [6, 6.07) is 8.40. The van der Waals surface area contributed by atoms with Gasteiger partial charge >= 0.3 is 0 Å². The Morgan fingerprint density at radius 3 is 2.66 bits per heavy atom. The molecule has 32 heavy (non-hydrogen) atoms. The molecular formula is C24H29N7O. The van der Waals surface area contributed by atoms with Gasteiger partial charge in [-0.3, -0.25) is 4.79 Å². The maximum absolute atomic E-state index is 12.7. The van der Waals surface area contributed by atoms with Crippen LogP contribution in [0.5, 0.6) is 0 Å². The van der Waals surface area contributed by atoms with Gasteiger partial charge in [-0.05, 0) is 63.1 Å². The van der Waals surface area contributed by atoms with Gasteiger partial charge in [-0.1, -0.05) is 12.1 Å². The third-order valence-electron chi connectivity index (χ3n) is 6.49. The van der Waals surface area contributed by atoms with Gasteiger partial charge in [-0.2, -0.15) is 0 Å². The number of anilines is 3. The van der Waals surface area contributed by atoms with Crippen molar-refractivity contribution < 1.29 is 4.79 Å². The van der Waals surface area contributed by atoms with Crippen molar-refractivity contribution in [3.63, 3.8) is 0 Å². The zero-order chi connectivity index (χ0) is 21.9. The first kappa shape index (κ1) is 20.6. The molecule has 1 saturated carbocycles. The smallest absolute Gasteiger partial charge is 0.225 e. The second-order valence-corrected chi connectivity index (χ2v) is 8.87. The van der Waals surface area contributed by atoms with E-state index in [1.165, 1.54) is 11.9 Å². The largest absolute Gasteiger partial charge is 0.351 e. The molecule has 0 radical (unpaired) electrons. The molecule has 1 aromatic carbocycles. The van der Waals surface area contributed by atoms with Crippen molar-refractivity contribution in [1.29, 1.82) is 0 Å². The Bertz CT molecular complexity index is 1100. The molecule has 0 unspecified atom stereocenters. The molecule has 1 amide bonds. The van der Waals surface area contributed by atoms with Crippen molar-refractivity contribution in [3.05, 3.63) is 42.4 Å². The Morgan fingerprint density at radius 1 is 1.06 bits per heavy atom. The lowest BCUT2D eigenvalue weighted by Gasteiger charge is -2.30. The molecule has 3 aromatic rings. The number of fused-ring (bicyclic) bond motifs is 1. The molecule has 0 spiro atoms. The third-order valence-corrected chi connectivity index (χ3v) is 6.49. The maximum Gasteiger partial charge on any atom is 0.225 e. The predicted octanol–water partition coefficient (Wildman–Crippen LogP) is 4.06. The van der Waals surface area contributed by atoms with Crippen LogP contribution in [0.15, 0.2) is 36.8 Å². The van der Waals surface area contributed by atoms with Crippen molar-refractivity contribution in [2.45, 2.75) is 51.5 Å². The molecule has 8 heteroatoms. The molecular weight excluding hydrogens is 402 g/mol. The number of aryl methyl sites for hydroxylation is 1. The van der Waals surface area contributed by atoms with E-state index in [1.807, 2.05) is 17.0 Å². The number of nitrogens with zero attached hydrogens (tertiary/aromatic N) is 5. The minimum atomic E-state index is 0.169. The molecule has 5 rings (SSSR count). The number of rotatable bonds is 5. The van der Waals surface area contributed by atoms with E-state index in [1.54, 1.807) is 6.20 Å². The average Bonchev–Trinajstić information content (AvgIpc) is 3.35. The highest BCUT2D eigenvalue weighted by atomic mass is 16.2. The minimum absolute atomic E-state index is 0.169. The van der Waals surface area contributed by atoms with Gasteiger partial charge < -0.3 is 15.5 Å². The highest BCUT2D eigenvalue weighted by Gasteiger charge is 2.30. The summed E-state index contributed by atoms with van der Waals surface area (Å²) in [5.74, 6) is 1.76. The second kappa shape index (κ2) is 9.06. The topological polar surface area (TPSA) is 95.9 Å². The van der Waals surface area contributed by atoms with Crippen molar-refractivity contribution in [2.24, 2.45) is 5.92 Å². The van der Waals surface area contributed by atoms with E-state index in [2.05, 4.69) is 44.6 Å². The van der Waals surface area contributed by atoms with E-state index in [-0.39, 0.29) is 12.0 Å². The van der Waals surface area contributed by atoms with Crippen LogP contribution in [0, 0.1) is 12.8 Å². The zero-order valence-electron chi connectivity index (χ0n) is 18.4. The Kier molecular flexibility index (Phi) is 5.83. The number of nitrogens with one attached hydrogen (secondary N) is 2. The fourth-order valence-electron chi connectivity index (χ4n) is 4.74. The average molecular weight is 432 g/mol. The van der Waals surface area contributed by atoms with Crippen molar-refractivity contribution in [2.75, 3.05) is 23.7 Å². The van der Waals surface area contributed by atoms with Gasteiger partial charge in [0.25, 0.3) is 0 Å². The number of amides is 1.